The molecule has 5 aromatic carbocycles. The van der Waals surface area contributed by atoms with Gasteiger partial charge in [-0.05, 0) is 96.6 Å². The first-order valence-corrected chi connectivity index (χ1v) is 16.7. The molecule has 0 atom stereocenters. The Balaban J connectivity index is 1.24. The zero-order chi connectivity index (χ0) is 32.1. The smallest absolute Gasteiger partial charge is 0.261 e. The zero-order valence-corrected chi connectivity index (χ0v) is 27.1. The number of carbonyl (C=O) groups excluding carboxylic acids is 1. The Morgan fingerprint density at radius 1 is 0.783 bits per heavy atom. The molecule has 1 heterocycles. The highest BCUT2D eigenvalue weighted by Gasteiger charge is 2.16. The summed E-state index contributed by atoms with van der Waals surface area (Å²) in [6, 6.07) is 40.9. The molecule has 1 amide bonds. The predicted octanol–water partition coefficient (Wildman–Crippen LogP) is 8.31. The van der Waals surface area contributed by atoms with Gasteiger partial charge in [0.2, 0.25) is 5.91 Å². The monoisotopic (exact) mass is 692 g/mol. The topological polar surface area (TPSA) is 102 Å². The number of rotatable bonds is 10. The lowest BCUT2D eigenvalue weighted by molar-refractivity contribution is -0.114. The molecule has 0 aliphatic rings. The number of hydrogen-bond acceptors (Lipinski definition) is 5. The van der Waals surface area contributed by atoms with Gasteiger partial charge in [0.25, 0.3) is 10.0 Å². The molecule has 0 saturated heterocycles. The van der Waals surface area contributed by atoms with Gasteiger partial charge in [-0.15, -0.1) is 0 Å². The molecule has 0 aliphatic carbocycles. The lowest BCUT2D eigenvalue weighted by Crippen LogP contribution is -2.13. The van der Waals surface area contributed by atoms with Gasteiger partial charge in [-0.2, -0.15) is 5.10 Å². The van der Waals surface area contributed by atoms with Crippen molar-refractivity contribution in [2.24, 2.45) is 0 Å². The molecule has 230 valence electrons. The van der Waals surface area contributed by atoms with Crippen LogP contribution in [0.25, 0.3) is 28.2 Å². The minimum atomic E-state index is -3.83. The molecule has 0 aliphatic heterocycles. The van der Waals surface area contributed by atoms with E-state index in [0.717, 1.165) is 44.0 Å². The lowest BCUT2D eigenvalue weighted by atomic mass is 10.1. The average molecular weight is 694 g/mol. The van der Waals surface area contributed by atoms with E-state index in [9.17, 15) is 13.2 Å². The van der Waals surface area contributed by atoms with Crippen LogP contribution < -0.4 is 14.8 Å². The molecule has 2 N–H and O–H groups in total. The maximum Gasteiger partial charge on any atom is 0.261 e. The minimum Gasteiger partial charge on any atom is -0.489 e. The largest absolute Gasteiger partial charge is 0.489 e. The second-order valence-corrected chi connectivity index (χ2v) is 13.1. The van der Waals surface area contributed by atoms with E-state index >= 15 is 0 Å². The van der Waals surface area contributed by atoms with Crippen LogP contribution in [-0.2, 0) is 21.4 Å². The van der Waals surface area contributed by atoms with Crippen molar-refractivity contribution in [1.29, 1.82) is 0 Å². The number of nitrogens with one attached hydrogen (secondary N) is 2. The van der Waals surface area contributed by atoms with Gasteiger partial charge in [-0.1, -0.05) is 58.4 Å². The summed E-state index contributed by atoms with van der Waals surface area (Å²) in [6.07, 6.45) is 0. The summed E-state index contributed by atoms with van der Waals surface area (Å²) in [4.78, 5) is 11.3. The first-order valence-electron chi connectivity index (χ1n) is 14.4. The summed E-state index contributed by atoms with van der Waals surface area (Å²) in [5.41, 5.74) is 6.32. The van der Waals surface area contributed by atoms with E-state index in [1.807, 2.05) is 102 Å². The van der Waals surface area contributed by atoms with E-state index in [1.165, 1.54) is 19.1 Å². The van der Waals surface area contributed by atoms with E-state index in [4.69, 9.17) is 9.84 Å². The van der Waals surface area contributed by atoms with Gasteiger partial charge >= 0.3 is 0 Å². The van der Waals surface area contributed by atoms with Gasteiger partial charge in [0.1, 0.15) is 12.4 Å². The van der Waals surface area contributed by atoms with Crippen LogP contribution in [0.3, 0.4) is 0 Å². The fourth-order valence-electron chi connectivity index (χ4n) is 4.81. The highest BCUT2D eigenvalue weighted by atomic mass is 79.9. The Morgan fingerprint density at radius 2 is 1.41 bits per heavy atom. The van der Waals surface area contributed by atoms with Gasteiger partial charge in [0.05, 0.1) is 22.0 Å². The maximum atomic E-state index is 13.0. The van der Waals surface area contributed by atoms with Gasteiger partial charge < -0.3 is 10.1 Å². The van der Waals surface area contributed by atoms with Gasteiger partial charge in [0, 0.05) is 33.9 Å². The molecule has 0 fully saturated rings. The van der Waals surface area contributed by atoms with Gasteiger partial charge in [-0.25, -0.2) is 13.1 Å². The second kappa shape index (κ2) is 13.4. The summed E-state index contributed by atoms with van der Waals surface area (Å²) in [5.74, 6) is 0.536. The number of carbonyl (C=O) groups is 1. The second-order valence-electron chi connectivity index (χ2n) is 10.5. The van der Waals surface area contributed by atoms with Crippen LogP contribution in [0.1, 0.15) is 12.5 Å². The van der Waals surface area contributed by atoms with Crippen molar-refractivity contribution in [3.05, 3.63) is 143 Å². The number of aromatic nitrogens is 2. The molecule has 6 rings (SSSR count). The van der Waals surface area contributed by atoms with Crippen molar-refractivity contribution in [3.8, 4) is 34.0 Å². The van der Waals surface area contributed by atoms with Crippen LogP contribution in [-0.4, -0.2) is 24.1 Å². The zero-order valence-electron chi connectivity index (χ0n) is 24.7. The number of halogens is 1. The number of nitrogens with zero attached hydrogens (tertiary/aromatic N) is 2. The summed E-state index contributed by atoms with van der Waals surface area (Å²) < 4.78 is 37.4. The fourth-order valence-corrected chi connectivity index (χ4v) is 6.14. The summed E-state index contributed by atoms with van der Waals surface area (Å²) in [6.45, 7) is 1.88. The van der Waals surface area contributed by atoms with Gasteiger partial charge in [-0.3, -0.25) is 9.52 Å². The number of sulfonamides is 1. The van der Waals surface area contributed by atoms with Crippen LogP contribution >= 0.6 is 15.9 Å². The number of hydrogen-bond donors (Lipinski definition) is 2. The predicted molar refractivity (Wildman–Crippen MR) is 184 cm³/mol. The molecule has 8 nitrogen and oxygen atoms in total. The third kappa shape index (κ3) is 7.36. The molecule has 0 spiro atoms. The number of benzene rings is 5. The Morgan fingerprint density at radius 3 is 2.07 bits per heavy atom. The van der Waals surface area contributed by atoms with E-state index in [2.05, 4.69) is 26.0 Å². The SMILES string of the molecule is CC(=O)Nc1ccc(S(=O)(=O)Nc2ccc(-c3cc(-c4ccc(OCc5ccccc5)cc4)n(-c4ccc(Br)cc4)n3)cc2)cc1. The third-order valence-electron chi connectivity index (χ3n) is 7.10. The Hall–Kier alpha value is -5.19. The van der Waals surface area contributed by atoms with Crippen molar-refractivity contribution in [2.45, 2.75) is 18.4 Å². The lowest BCUT2D eigenvalue weighted by Gasteiger charge is -2.10. The molecule has 1 aromatic heterocycles. The molecular formula is C36H29BrN4O4S. The standard InChI is InChI=1S/C36H29BrN4O4S/c1-25(42)38-30-15-21-34(22-16-30)46(43,44)40-31-13-7-27(8-14-31)35-23-36(41(39-35)32-17-11-29(37)12-18-32)28-9-19-33(20-10-28)45-24-26-5-3-2-4-6-26/h2-23,40H,24H2,1H3,(H,38,42). The van der Waals surface area contributed by atoms with Crippen LogP contribution in [0.15, 0.2) is 143 Å². The van der Waals surface area contributed by atoms with Crippen LogP contribution in [0.2, 0.25) is 0 Å². The fraction of sp³-hybridized carbons (Fsp3) is 0.0556. The van der Waals surface area contributed by atoms with Crippen molar-refractivity contribution in [1.82, 2.24) is 9.78 Å². The normalized spacial score (nSPS) is 11.2. The van der Waals surface area contributed by atoms with Gasteiger partial charge in [0.15, 0.2) is 0 Å². The molecule has 46 heavy (non-hydrogen) atoms. The summed E-state index contributed by atoms with van der Waals surface area (Å²) in [7, 11) is -3.83. The highest BCUT2D eigenvalue weighted by Crippen LogP contribution is 2.31. The third-order valence-corrected chi connectivity index (χ3v) is 9.02. The first-order chi connectivity index (χ1) is 22.2. The van der Waals surface area contributed by atoms with E-state index in [-0.39, 0.29) is 10.8 Å². The molecule has 0 unspecified atom stereocenters. The molecule has 6 aromatic rings. The van der Waals surface area contributed by atoms with E-state index < -0.39 is 10.0 Å². The molecule has 10 heteroatoms. The van der Waals surface area contributed by atoms with Crippen LogP contribution in [0.4, 0.5) is 11.4 Å². The average Bonchev–Trinajstić information content (AvgIpc) is 3.50. The Bertz CT molecular complexity index is 2060. The van der Waals surface area contributed by atoms with Crippen LogP contribution in [0, 0.1) is 0 Å². The Kier molecular flexibility index (Phi) is 9.00. The molecular weight excluding hydrogens is 664 g/mol. The minimum absolute atomic E-state index is 0.0834. The van der Waals surface area contributed by atoms with Crippen molar-refractivity contribution >= 4 is 43.2 Å². The summed E-state index contributed by atoms with van der Waals surface area (Å²) >= 11 is 3.51. The first kappa shape index (κ1) is 30.8. The Labute approximate surface area is 275 Å². The van der Waals surface area contributed by atoms with Crippen molar-refractivity contribution < 1.29 is 17.9 Å². The van der Waals surface area contributed by atoms with Crippen LogP contribution in [0.5, 0.6) is 5.75 Å². The number of anilines is 2. The van der Waals surface area contributed by atoms with Crippen molar-refractivity contribution in [3.63, 3.8) is 0 Å². The number of ether oxygens (including phenoxy) is 1. The highest BCUT2D eigenvalue weighted by molar-refractivity contribution is 9.10. The molecule has 0 radical (unpaired) electrons. The van der Waals surface area contributed by atoms with Crippen molar-refractivity contribution in [2.75, 3.05) is 10.0 Å². The van der Waals surface area contributed by atoms with E-state index in [1.54, 1.807) is 24.3 Å². The molecule has 0 saturated carbocycles. The molecule has 0 bridgehead atoms. The summed E-state index contributed by atoms with van der Waals surface area (Å²) in [5, 5.41) is 7.56. The maximum absolute atomic E-state index is 13.0. The number of amides is 1. The van der Waals surface area contributed by atoms with E-state index in [0.29, 0.717) is 18.0 Å². The quantitative estimate of drug-likeness (QED) is 0.150.